The van der Waals surface area contributed by atoms with Gasteiger partial charge in [0.25, 0.3) is 0 Å². The molecule has 2 aromatic carbocycles. The van der Waals surface area contributed by atoms with Gasteiger partial charge in [0.15, 0.2) is 0 Å². The maximum Gasteiger partial charge on any atom is 0.243 e. The molecule has 0 aromatic heterocycles. The summed E-state index contributed by atoms with van der Waals surface area (Å²) < 4.78 is 41.2. The van der Waals surface area contributed by atoms with E-state index in [0.717, 1.165) is 11.6 Å². The molecule has 2 aromatic rings. The molecule has 0 atom stereocenters. The van der Waals surface area contributed by atoms with Gasteiger partial charge in [0.05, 0.1) is 17.1 Å². The molecule has 0 radical (unpaired) electrons. The van der Waals surface area contributed by atoms with Crippen molar-refractivity contribution in [1.29, 1.82) is 0 Å². The van der Waals surface area contributed by atoms with Gasteiger partial charge in [-0.05, 0) is 49.2 Å². The number of nitrogens with one attached hydrogen (secondary N) is 1. The lowest BCUT2D eigenvalue weighted by Crippen LogP contribution is -2.50. The van der Waals surface area contributed by atoms with Crippen molar-refractivity contribution in [1.82, 2.24) is 9.21 Å². The van der Waals surface area contributed by atoms with Gasteiger partial charge in [0.1, 0.15) is 5.82 Å². The number of amides is 1. The van der Waals surface area contributed by atoms with Crippen LogP contribution in [0.5, 0.6) is 0 Å². The molecule has 1 amide bonds. The van der Waals surface area contributed by atoms with E-state index < -0.39 is 15.8 Å². The van der Waals surface area contributed by atoms with Crippen LogP contribution in [0.25, 0.3) is 0 Å². The van der Waals surface area contributed by atoms with Crippen molar-refractivity contribution in [2.24, 2.45) is 0 Å². The number of piperazine rings is 1. The first-order valence-corrected chi connectivity index (χ1v) is 11.0. The van der Waals surface area contributed by atoms with Gasteiger partial charge in [-0.2, -0.15) is 4.31 Å². The Hall–Kier alpha value is -2.00. The molecule has 1 aliphatic rings. The molecule has 0 spiro atoms. The van der Waals surface area contributed by atoms with E-state index in [1.807, 2.05) is 17.9 Å². The maximum atomic E-state index is 13.8. The molecule has 1 heterocycles. The topological polar surface area (TPSA) is 69.7 Å². The van der Waals surface area contributed by atoms with Crippen molar-refractivity contribution < 1.29 is 17.6 Å². The van der Waals surface area contributed by atoms with Crippen LogP contribution < -0.4 is 5.32 Å². The average Bonchev–Trinajstić information content (AvgIpc) is 2.66. The molecule has 1 saturated heterocycles. The van der Waals surface area contributed by atoms with E-state index in [1.54, 1.807) is 19.1 Å². The number of aryl methyl sites for hydroxylation is 2. The minimum atomic E-state index is -3.58. The molecule has 9 heteroatoms. The highest BCUT2D eigenvalue weighted by molar-refractivity contribution is 7.89. The van der Waals surface area contributed by atoms with E-state index in [2.05, 4.69) is 5.32 Å². The normalized spacial score (nSPS) is 16.0. The van der Waals surface area contributed by atoms with Crippen LogP contribution in [0.2, 0.25) is 5.02 Å². The van der Waals surface area contributed by atoms with Gasteiger partial charge in [-0.3, -0.25) is 9.69 Å². The number of hydrogen-bond acceptors (Lipinski definition) is 4. The van der Waals surface area contributed by atoms with E-state index in [-0.39, 0.29) is 36.3 Å². The number of nitrogens with zero attached hydrogens (tertiary/aromatic N) is 2. The maximum absolute atomic E-state index is 13.8. The highest BCUT2D eigenvalue weighted by Gasteiger charge is 2.30. The van der Waals surface area contributed by atoms with Crippen molar-refractivity contribution in [3.05, 3.63) is 58.4 Å². The highest BCUT2D eigenvalue weighted by atomic mass is 35.5. The Bertz CT molecular complexity index is 1020. The zero-order valence-electron chi connectivity index (χ0n) is 16.3. The number of sulfonamides is 1. The van der Waals surface area contributed by atoms with Gasteiger partial charge in [-0.15, -0.1) is 0 Å². The van der Waals surface area contributed by atoms with E-state index in [4.69, 9.17) is 11.6 Å². The SMILES string of the molecule is Cc1ccc(C)c(S(=O)(=O)N2CCN(CC(=O)Nc3ccc(Cl)cc3F)CC2)c1. The Morgan fingerprint density at radius 1 is 1.10 bits per heavy atom. The summed E-state index contributed by atoms with van der Waals surface area (Å²) in [6.45, 7) is 5.11. The molecule has 3 rings (SSSR count). The van der Waals surface area contributed by atoms with Gasteiger partial charge >= 0.3 is 0 Å². The van der Waals surface area contributed by atoms with Crippen LogP contribution in [0.4, 0.5) is 10.1 Å². The summed E-state index contributed by atoms with van der Waals surface area (Å²) in [6, 6.07) is 9.41. The van der Waals surface area contributed by atoms with Gasteiger partial charge in [0, 0.05) is 31.2 Å². The second kappa shape index (κ2) is 8.79. The van der Waals surface area contributed by atoms with Crippen molar-refractivity contribution >= 4 is 33.2 Å². The van der Waals surface area contributed by atoms with Gasteiger partial charge in [-0.25, -0.2) is 12.8 Å². The Labute approximate surface area is 175 Å². The van der Waals surface area contributed by atoms with Gasteiger partial charge in [-0.1, -0.05) is 23.7 Å². The lowest BCUT2D eigenvalue weighted by atomic mass is 10.2. The molecule has 29 heavy (non-hydrogen) atoms. The molecule has 6 nitrogen and oxygen atoms in total. The van der Waals surface area contributed by atoms with Crippen molar-refractivity contribution in [3.63, 3.8) is 0 Å². The fraction of sp³-hybridized carbons (Fsp3) is 0.350. The number of halogens is 2. The van der Waals surface area contributed by atoms with Gasteiger partial charge in [0.2, 0.25) is 15.9 Å². The molecule has 0 saturated carbocycles. The minimum absolute atomic E-state index is 0.0550. The fourth-order valence-corrected chi connectivity index (χ4v) is 5.13. The zero-order valence-corrected chi connectivity index (χ0v) is 17.9. The standard InChI is InChI=1S/C20H23ClFN3O3S/c1-14-3-4-15(2)19(11-14)29(27,28)25-9-7-24(8-10-25)13-20(26)23-18-6-5-16(21)12-17(18)22/h3-6,11-12H,7-10,13H2,1-2H3,(H,23,26). The van der Waals surface area contributed by atoms with Crippen molar-refractivity contribution in [3.8, 4) is 0 Å². The monoisotopic (exact) mass is 439 g/mol. The van der Waals surface area contributed by atoms with Crippen LogP contribution in [-0.4, -0.2) is 56.3 Å². The summed E-state index contributed by atoms with van der Waals surface area (Å²) in [7, 11) is -3.58. The molecule has 0 unspecified atom stereocenters. The average molecular weight is 440 g/mol. The predicted octanol–water partition coefficient (Wildman–Crippen LogP) is 3.04. The molecule has 1 fully saturated rings. The molecule has 156 valence electrons. The smallest absolute Gasteiger partial charge is 0.243 e. The summed E-state index contributed by atoms with van der Waals surface area (Å²) in [6.07, 6.45) is 0. The number of carbonyl (C=O) groups is 1. The second-order valence-corrected chi connectivity index (χ2v) is 9.46. The van der Waals surface area contributed by atoms with Crippen LogP contribution in [-0.2, 0) is 14.8 Å². The highest BCUT2D eigenvalue weighted by Crippen LogP contribution is 2.23. The Morgan fingerprint density at radius 2 is 1.79 bits per heavy atom. The molecular weight excluding hydrogens is 417 g/mol. The summed E-state index contributed by atoms with van der Waals surface area (Å²) >= 11 is 5.71. The quantitative estimate of drug-likeness (QED) is 0.777. The lowest BCUT2D eigenvalue weighted by molar-refractivity contribution is -0.117. The number of rotatable bonds is 5. The summed E-state index contributed by atoms with van der Waals surface area (Å²) in [4.78, 5) is 14.4. The molecule has 1 N–H and O–H groups in total. The van der Waals surface area contributed by atoms with Crippen LogP contribution >= 0.6 is 11.6 Å². The lowest BCUT2D eigenvalue weighted by Gasteiger charge is -2.33. The first-order valence-electron chi connectivity index (χ1n) is 9.21. The third-order valence-electron chi connectivity index (χ3n) is 4.87. The summed E-state index contributed by atoms with van der Waals surface area (Å²) in [5.74, 6) is -0.965. The van der Waals surface area contributed by atoms with Gasteiger partial charge < -0.3 is 5.32 Å². The third-order valence-corrected chi connectivity index (χ3v) is 7.14. The largest absolute Gasteiger partial charge is 0.322 e. The summed E-state index contributed by atoms with van der Waals surface area (Å²) in [5, 5.41) is 2.77. The number of benzene rings is 2. The van der Waals surface area contributed by atoms with E-state index >= 15 is 0 Å². The molecule has 0 bridgehead atoms. The Kier molecular flexibility index (Phi) is 6.58. The fourth-order valence-electron chi connectivity index (χ4n) is 3.24. The van der Waals surface area contributed by atoms with Crippen LogP contribution in [0.3, 0.4) is 0 Å². The molecule has 1 aliphatic heterocycles. The van der Waals surface area contributed by atoms with Crippen molar-refractivity contribution in [2.75, 3.05) is 38.0 Å². The predicted molar refractivity (Wildman–Crippen MR) is 111 cm³/mol. The van der Waals surface area contributed by atoms with Crippen LogP contribution in [0.1, 0.15) is 11.1 Å². The van der Waals surface area contributed by atoms with E-state index in [1.165, 1.54) is 16.4 Å². The summed E-state index contributed by atoms with van der Waals surface area (Å²) in [5.41, 5.74) is 1.66. The zero-order chi connectivity index (χ0) is 21.2. The number of hydrogen-bond donors (Lipinski definition) is 1. The first-order chi connectivity index (χ1) is 13.7. The first kappa shape index (κ1) is 21.7. The second-order valence-electron chi connectivity index (χ2n) is 7.12. The molecular formula is C20H23ClFN3O3S. The van der Waals surface area contributed by atoms with Crippen LogP contribution in [0.15, 0.2) is 41.3 Å². The Morgan fingerprint density at radius 3 is 2.45 bits per heavy atom. The van der Waals surface area contributed by atoms with Crippen molar-refractivity contribution in [2.45, 2.75) is 18.7 Å². The van der Waals surface area contributed by atoms with E-state index in [9.17, 15) is 17.6 Å². The Balaban J connectivity index is 1.58. The number of carbonyl (C=O) groups excluding carboxylic acids is 1. The molecule has 0 aliphatic carbocycles. The number of anilines is 1. The van der Waals surface area contributed by atoms with Crippen LogP contribution in [0, 0.1) is 19.7 Å². The third kappa shape index (κ3) is 5.14. The minimum Gasteiger partial charge on any atom is -0.322 e. The van der Waals surface area contributed by atoms with E-state index in [0.29, 0.717) is 23.5 Å².